The number of aryl methyl sites for hydroxylation is 2. The quantitative estimate of drug-likeness (QED) is 0.735. The lowest BCUT2D eigenvalue weighted by Crippen LogP contribution is -1.92. The molecule has 4 heteroatoms. The maximum atomic E-state index is 5.59. The van der Waals surface area contributed by atoms with Crippen LogP contribution < -0.4 is 5.73 Å². The number of nitrogens with zero attached hydrogens (tertiary/aromatic N) is 3. The van der Waals surface area contributed by atoms with E-state index >= 15 is 0 Å². The highest BCUT2D eigenvalue weighted by Gasteiger charge is 2.05. The summed E-state index contributed by atoms with van der Waals surface area (Å²) in [5, 5.41) is 0. The van der Waals surface area contributed by atoms with Crippen molar-refractivity contribution in [2.75, 3.05) is 5.73 Å². The van der Waals surface area contributed by atoms with Crippen LogP contribution in [0.15, 0.2) is 24.5 Å². The van der Waals surface area contributed by atoms with E-state index in [-0.39, 0.29) is 0 Å². The zero-order chi connectivity index (χ0) is 10.1. The molecule has 0 bridgehead atoms. The van der Waals surface area contributed by atoms with Gasteiger partial charge in [-0.2, -0.15) is 0 Å². The Balaban J connectivity index is 2.49. The molecule has 0 saturated carbocycles. The van der Waals surface area contributed by atoms with E-state index in [2.05, 4.69) is 9.97 Å². The summed E-state index contributed by atoms with van der Waals surface area (Å²) in [5.41, 5.74) is 7.57. The third kappa shape index (κ3) is 1.46. The minimum Gasteiger partial charge on any atom is -0.382 e. The number of nitrogens with two attached hydrogens (primary N) is 1. The Hall–Kier alpha value is -1.84. The fraction of sp³-hybridized carbons (Fsp3) is 0.200. The molecule has 0 aromatic carbocycles. The smallest absolute Gasteiger partial charge is 0.143 e. The molecule has 0 unspecified atom stereocenters. The third-order valence-electron chi connectivity index (χ3n) is 2.06. The molecule has 2 aromatic rings. The number of nitrogen functional groups attached to an aromatic ring is 1. The lowest BCUT2D eigenvalue weighted by molar-refractivity contribution is 0.923. The average molecular weight is 188 g/mol. The van der Waals surface area contributed by atoms with Gasteiger partial charge in [0.15, 0.2) is 0 Å². The van der Waals surface area contributed by atoms with Crippen LogP contribution in [0.5, 0.6) is 0 Å². The van der Waals surface area contributed by atoms with E-state index in [4.69, 9.17) is 5.73 Å². The molecule has 0 spiro atoms. The van der Waals surface area contributed by atoms with Gasteiger partial charge in [0.05, 0.1) is 0 Å². The highest BCUT2D eigenvalue weighted by atomic mass is 15.1. The maximum absolute atomic E-state index is 5.59. The summed E-state index contributed by atoms with van der Waals surface area (Å²) < 4.78 is 1.89. The summed E-state index contributed by atoms with van der Waals surface area (Å²) in [6.07, 6.45) is 3.59. The van der Waals surface area contributed by atoms with Crippen LogP contribution in [0, 0.1) is 6.92 Å². The minimum atomic E-state index is 0.531. The Morgan fingerprint density at radius 2 is 2.14 bits per heavy atom. The van der Waals surface area contributed by atoms with Gasteiger partial charge in [-0.15, -0.1) is 0 Å². The van der Waals surface area contributed by atoms with Crippen LogP contribution in [0.2, 0.25) is 0 Å². The molecular weight excluding hydrogens is 176 g/mol. The van der Waals surface area contributed by atoms with Gasteiger partial charge in [0.1, 0.15) is 11.6 Å². The Bertz CT molecular complexity index is 442. The van der Waals surface area contributed by atoms with Crippen molar-refractivity contribution in [2.24, 2.45) is 7.05 Å². The molecule has 2 rings (SSSR count). The first-order chi connectivity index (χ1) is 6.66. The third-order valence-corrected chi connectivity index (χ3v) is 2.06. The fourth-order valence-corrected chi connectivity index (χ4v) is 1.36. The molecule has 0 aliphatic rings. The van der Waals surface area contributed by atoms with Gasteiger partial charge in [0.2, 0.25) is 0 Å². The van der Waals surface area contributed by atoms with E-state index in [0.29, 0.717) is 5.82 Å². The average Bonchev–Trinajstić information content (AvgIpc) is 2.47. The van der Waals surface area contributed by atoms with Crippen molar-refractivity contribution in [2.45, 2.75) is 6.92 Å². The Kier molecular flexibility index (Phi) is 1.96. The van der Waals surface area contributed by atoms with E-state index in [0.717, 1.165) is 17.1 Å². The second-order valence-electron chi connectivity index (χ2n) is 3.29. The predicted molar refractivity (Wildman–Crippen MR) is 55.6 cm³/mol. The molecule has 2 N–H and O–H groups in total. The second kappa shape index (κ2) is 3.14. The molecule has 2 heterocycles. The molecule has 0 atom stereocenters. The highest BCUT2D eigenvalue weighted by molar-refractivity contribution is 5.56. The summed E-state index contributed by atoms with van der Waals surface area (Å²) >= 11 is 0. The first-order valence-electron chi connectivity index (χ1n) is 4.38. The number of aromatic nitrogens is 3. The monoisotopic (exact) mass is 188 g/mol. The molecule has 14 heavy (non-hydrogen) atoms. The van der Waals surface area contributed by atoms with E-state index in [1.165, 1.54) is 0 Å². The normalized spacial score (nSPS) is 10.4. The van der Waals surface area contributed by atoms with E-state index in [9.17, 15) is 0 Å². The fourth-order valence-electron chi connectivity index (χ4n) is 1.36. The lowest BCUT2D eigenvalue weighted by atomic mass is 10.2. The van der Waals surface area contributed by atoms with Crippen LogP contribution in [0.3, 0.4) is 0 Å². The van der Waals surface area contributed by atoms with Crippen LogP contribution in [-0.2, 0) is 7.05 Å². The summed E-state index contributed by atoms with van der Waals surface area (Å²) in [6.45, 7) is 1.95. The van der Waals surface area contributed by atoms with Gasteiger partial charge in [-0.1, -0.05) is 0 Å². The summed E-state index contributed by atoms with van der Waals surface area (Å²) in [5.74, 6) is 1.37. The van der Waals surface area contributed by atoms with Gasteiger partial charge < -0.3 is 10.3 Å². The zero-order valence-electron chi connectivity index (χ0n) is 8.23. The van der Waals surface area contributed by atoms with Crippen LogP contribution in [0.25, 0.3) is 11.4 Å². The lowest BCUT2D eigenvalue weighted by Gasteiger charge is -2.00. The first-order valence-corrected chi connectivity index (χ1v) is 4.38. The van der Waals surface area contributed by atoms with Gasteiger partial charge in [-0.05, 0) is 19.1 Å². The van der Waals surface area contributed by atoms with Crippen molar-refractivity contribution in [3.63, 3.8) is 0 Å². The minimum absolute atomic E-state index is 0.531. The second-order valence-corrected chi connectivity index (χ2v) is 3.29. The van der Waals surface area contributed by atoms with Crippen molar-refractivity contribution >= 4 is 5.82 Å². The molecule has 0 amide bonds. The van der Waals surface area contributed by atoms with Crippen molar-refractivity contribution in [3.05, 3.63) is 30.2 Å². The van der Waals surface area contributed by atoms with Crippen molar-refractivity contribution in [1.82, 2.24) is 14.5 Å². The summed E-state index contributed by atoms with van der Waals surface area (Å²) in [6, 6.07) is 3.95. The van der Waals surface area contributed by atoms with E-state index in [1.54, 1.807) is 12.4 Å². The Morgan fingerprint density at radius 1 is 1.36 bits per heavy atom. The van der Waals surface area contributed by atoms with Crippen LogP contribution in [0.1, 0.15) is 5.69 Å². The number of imidazole rings is 1. The van der Waals surface area contributed by atoms with E-state index < -0.39 is 0 Å². The molecule has 72 valence electrons. The largest absolute Gasteiger partial charge is 0.382 e. The van der Waals surface area contributed by atoms with Crippen molar-refractivity contribution in [3.8, 4) is 11.4 Å². The van der Waals surface area contributed by atoms with Gasteiger partial charge >= 0.3 is 0 Å². The number of rotatable bonds is 1. The van der Waals surface area contributed by atoms with Gasteiger partial charge in [0.25, 0.3) is 0 Å². The molecule has 0 fully saturated rings. The number of anilines is 1. The van der Waals surface area contributed by atoms with Crippen LogP contribution >= 0.6 is 0 Å². The van der Waals surface area contributed by atoms with Crippen LogP contribution in [0.4, 0.5) is 5.82 Å². The molecule has 4 nitrogen and oxygen atoms in total. The highest BCUT2D eigenvalue weighted by Crippen LogP contribution is 2.17. The first kappa shape index (κ1) is 8.74. The topological polar surface area (TPSA) is 56.7 Å². The molecule has 0 saturated heterocycles. The molecular formula is C10H12N4. The zero-order valence-corrected chi connectivity index (χ0v) is 8.23. The van der Waals surface area contributed by atoms with Crippen molar-refractivity contribution < 1.29 is 0 Å². The molecule has 0 radical (unpaired) electrons. The van der Waals surface area contributed by atoms with Gasteiger partial charge in [-0.3, -0.25) is 4.98 Å². The number of hydrogen-bond donors (Lipinski definition) is 1. The van der Waals surface area contributed by atoms with E-state index in [1.807, 2.05) is 30.7 Å². The number of pyridine rings is 1. The SMILES string of the molecule is Cc1ccc(-c2nc(N)cn2C)cn1. The van der Waals surface area contributed by atoms with Gasteiger partial charge in [-0.25, -0.2) is 4.98 Å². The summed E-state index contributed by atoms with van der Waals surface area (Å²) in [7, 11) is 1.92. The molecule has 0 aliphatic carbocycles. The Labute approximate surface area is 82.4 Å². The maximum Gasteiger partial charge on any atom is 0.143 e. The predicted octanol–water partition coefficient (Wildman–Crippen LogP) is 1.37. The van der Waals surface area contributed by atoms with Crippen molar-refractivity contribution in [1.29, 1.82) is 0 Å². The number of hydrogen-bond acceptors (Lipinski definition) is 3. The molecule has 2 aromatic heterocycles. The van der Waals surface area contributed by atoms with Crippen LogP contribution in [-0.4, -0.2) is 14.5 Å². The Morgan fingerprint density at radius 3 is 2.64 bits per heavy atom. The van der Waals surface area contributed by atoms with Gasteiger partial charge in [0, 0.05) is 30.7 Å². The standard InChI is InChI=1S/C10H12N4/c1-7-3-4-8(5-12-7)10-13-9(11)6-14(10)2/h3-6H,11H2,1-2H3. The molecule has 0 aliphatic heterocycles. The summed E-state index contributed by atoms with van der Waals surface area (Å²) in [4.78, 5) is 8.42.